The molecule has 16 heteroatoms. The van der Waals surface area contributed by atoms with E-state index in [1.54, 1.807) is 19.9 Å². The van der Waals surface area contributed by atoms with E-state index < -0.39 is 53.1 Å². The van der Waals surface area contributed by atoms with Crippen LogP contribution in [-0.4, -0.2) is 93.7 Å². The highest BCUT2D eigenvalue weighted by Crippen LogP contribution is 2.33. The van der Waals surface area contributed by atoms with Crippen molar-refractivity contribution in [3.8, 4) is 0 Å². The number of Topliss-reactive ketones (excluding diaryl/α,β-unsaturated/α-hetero) is 1. The molecule has 4 heterocycles. The van der Waals surface area contributed by atoms with Crippen molar-refractivity contribution in [2.24, 2.45) is 16.6 Å². The van der Waals surface area contributed by atoms with E-state index in [4.69, 9.17) is 5.73 Å². The minimum Gasteiger partial charge on any atom is -0.384 e. The van der Waals surface area contributed by atoms with Crippen molar-refractivity contribution in [3.05, 3.63) is 42.1 Å². The van der Waals surface area contributed by atoms with Gasteiger partial charge in [0.05, 0.1) is 24.0 Å². The number of nitrogens with one attached hydrogen (secondary N) is 1. The van der Waals surface area contributed by atoms with Gasteiger partial charge >= 0.3 is 0 Å². The van der Waals surface area contributed by atoms with Gasteiger partial charge in [0.15, 0.2) is 5.65 Å². The van der Waals surface area contributed by atoms with Crippen molar-refractivity contribution in [1.29, 1.82) is 0 Å². The lowest BCUT2D eigenvalue weighted by Crippen LogP contribution is -2.52. The lowest BCUT2D eigenvalue weighted by Gasteiger charge is -2.27. The minimum absolute atomic E-state index is 0.0169. The number of ketones is 1. The highest BCUT2D eigenvalue weighted by Gasteiger charge is 2.44. The van der Waals surface area contributed by atoms with Crippen molar-refractivity contribution in [1.82, 2.24) is 40.2 Å². The number of carbonyl (C=O) groups is 5. The van der Waals surface area contributed by atoms with Crippen molar-refractivity contribution in [2.45, 2.75) is 89.4 Å². The fourth-order valence-corrected chi connectivity index (χ4v) is 6.17. The zero-order chi connectivity index (χ0) is 33.9. The molecule has 3 atom stereocenters. The number of nitrogens with zero attached hydrogens (tertiary/aromatic N) is 8. The number of hydrogen-bond acceptors (Lipinski definition) is 11. The summed E-state index contributed by atoms with van der Waals surface area (Å²) < 4.78 is 1.47. The van der Waals surface area contributed by atoms with Crippen molar-refractivity contribution < 1.29 is 29.1 Å². The molecule has 0 spiro atoms. The maximum atomic E-state index is 14.4. The molecule has 47 heavy (non-hydrogen) atoms. The molecule has 1 aliphatic carbocycles. The monoisotopic (exact) mass is 646 g/mol. The number of nitrogens with two attached hydrogens (primary N) is 1. The quantitative estimate of drug-likeness (QED) is 0.206. The van der Waals surface area contributed by atoms with Crippen LogP contribution in [0.1, 0.15) is 87.9 Å². The fourth-order valence-electron chi connectivity index (χ4n) is 6.17. The number of likely N-dealkylation sites (tertiary alicyclic amines) is 1. The minimum atomic E-state index is -1.33. The number of hydrogen-bond donors (Lipinski definition) is 3. The van der Waals surface area contributed by atoms with Gasteiger partial charge < -0.3 is 21.1 Å². The van der Waals surface area contributed by atoms with E-state index in [2.05, 4.69) is 35.6 Å². The Hall–Kier alpha value is -4.99. The summed E-state index contributed by atoms with van der Waals surface area (Å²) >= 11 is 0. The van der Waals surface area contributed by atoms with E-state index in [1.165, 1.54) is 41.2 Å². The van der Waals surface area contributed by atoms with Gasteiger partial charge in [-0.3, -0.25) is 29.0 Å². The molecule has 16 nitrogen and oxygen atoms in total. The van der Waals surface area contributed by atoms with Gasteiger partial charge in [-0.2, -0.15) is 0 Å². The molecule has 0 bridgehead atoms. The summed E-state index contributed by atoms with van der Waals surface area (Å²) in [5.74, 6) is -4.18. The maximum Gasteiger partial charge on any atom is 0.296 e. The summed E-state index contributed by atoms with van der Waals surface area (Å²) in [5, 5.41) is 21.3. The zero-order valence-electron chi connectivity index (χ0n) is 26.5. The molecule has 248 valence electrons. The Balaban J connectivity index is 1.50. The third-order valence-electron chi connectivity index (χ3n) is 8.63. The first kappa shape index (κ1) is 33.4. The van der Waals surface area contributed by atoms with Gasteiger partial charge in [-0.1, -0.05) is 37.3 Å². The second kappa shape index (κ2) is 13.8. The number of primary amides is 1. The fraction of sp³-hybridized carbons (Fsp3) is 0.516. The average molecular weight is 647 g/mol. The number of aromatic nitrogens is 6. The van der Waals surface area contributed by atoms with Crippen LogP contribution in [0.25, 0.3) is 11.2 Å². The Morgan fingerprint density at radius 1 is 1.11 bits per heavy atom. The number of amides is 4. The number of pyridine rings is 1. The summed E-state index contributed by atoms with van der Waals surface area (Å²) in [4.78, 5) is 83.4. The van der Waals surface area contributed by atoms with Crippen LogP contribution in [0.15, 0.2) is 35.7 Å². The molecule has 1 saturated carbocycles. The third-order valence-corrected chi connectivity index (χ3v) is 8.63. The van der Waals surface area contributed by atoms with Crippen LogP contribution in [0, 0.1) is 5.92 Å². The molecule has 4 amide bonds. The topological polar surface area (TPSA) is 229 Å². The number of fused-ring (bicyclic) bond motifs is 1. The molecule has 0 radical (unpaired) electrons. The Morgan fingerprint density at radius 3 is 2.53 bits per heavy atom. The van der Waals surface area contributed by atoms with Crippen molar-refractivity contribution in [2.75, 3.05) is 6.54 Å². The molecule has 3 aromatic rings. The molecule has 4 N–H and O–H groups in total. The summed E-state index contributed by atoms with van der Waals surface area (Å²) in [6, 6.07) is 0.0731. The van der Waals surface area contributed by atoms with E-state index in [0.717, 1.165) is 32.1 Å². The summed E-state index contributed by atoms with van der Waals surface area (Å²) in [7, 11) is 0. The smallest absolute Gasteiger partial charge is 0.296 e. The molecule has 1 aliphatic heterocycles. The van der Waals surface area contributed by atoms with Crippen LogP contribution in [0.5, 0.6) is 0 Å². The summed E-state index contributed by atoms with van der Waals surface area (Å²) in [6.45, 7) is 4.41. The van der Waals surface area contributed by atoms with Gasteiger partial charge in [0.2, 0.25) is 11.7 Å². The number of aliphatic imine (C=N–C) groups is 1. The lowest BCUT2D eigenvalue weighted by molar-refractivity contribution is -0.139. The highest BCUT2D eigenvalue weighted by molar-refractivity contribution is 6.41. The molecular formula is C31H38N10O6. The number of rotatable bonds is 10. The van der Waals surface area contributed by atoms with Crippen LogP contribution in [0.4, 0.5) is 0 Å². The van der Waals surface area contributed by atoms with E-state index in [-0.39, 0.29) is 42.4 Å². The van der Waals surface area contributed by atoms with Crippen molar-refractivity contribution >= 4 is 46.3 Å². The van der Waals surface area contributed by atoms with E-state index >= 15 is 0 Å². The number of carbonyl (C=O) groups excluding carboxylic acids is 5. The number of aliphatic hydroxyl groups is 1. The van der Waals surface area contributed by atoms with Crippen LogP contribution in [0.2, 0.25) is 0 Å². The second-order valence-electron chi connectivity index (χ2n) is 12.6. The largest absolute Gasteiger partial charge is 0.384 e. The standard InChI is InChI=1S/C31H38N10O6/c1-17(25(42)26(32)43)36-29(45)23-14-19(41-24(15-35-39-41)31(2,3)47)16-40(23)30(46)22(13-18-7-5-4-6-8-18)38-28(44)21-10-9-20-27(37-21)34-12-11-33-20/h9-12,15,17-19,23,47H,4-8,13-14,16H2,1-3H3,(H2,32,43)(H,36,45)/b38-22+/t17?,19-,23-/m0/s1. The summed E-state index contributed by atoms with van der Waals surface area (Å²) in [6.07, 6.45) is 9.39. The predicted octanol–water partition coefficient (Wildman–Crippen LogP) is 0.797. The van der Waals surface area contributed by atoms with Gasteiger partial charge in [-0.05, 0) is 45.2 Å². The van der Waals surface area contributed by atoms with Gasteiger partial charge in [0.25, 0.3) is 17.7 Å². The van der Waals surface area contributed by atoms with E-state index in [9.17, 15) is 29.1 Å². The van der Waals surface area contributed by atoms with Crippen molar-refractivity contribution in [3.63, 3.8) is 0 Å². The van der Waals surface area contributed by atoms with Gasteiger partial charge in [0.1, 0.15) is 28.6 Å². The summed E-state index contributed by atoms with van der Waals surface area (Å²) in [5.41, 5.74) is 4.87. The molecule has 1 unspecified atom stereocenters. The Bertz CT molecular complexity index is 1720. The maximum absolute atomic E-state index is 14.4. The first-order valence-electron chi connectivity index (χ1n) is 15.6. The third kappa shape index (κ3) is 7.53. The Kier molecular flexibility index (Phi) is 9.79. The average Bonchev–Trinajstić information content (AvgIpc) is 3.72. The molecule has 1 saturated heterocycles. The molecule has 0 aromatic carbocycles. The normalized spacial score (nSPS) is 19.8. The predicted molar refractivity (Wildman–Crippen MR) is 167 cm³/mol. The SMILES string of the molecule is CC(NC(=O)[C@@H]1C[C@H](n2nncc2C(C)(C)O)CN1C(=O)/C(CC1CCCCC1)=N/C(=O)c1ccc2nccnc2n1)C(=O)C(N)=O. The van der Waals surface area contributed by atoms with Crippen LogP contribution in [-0.2, 0) is 24.8 Å². The Morgan fingerprint density at radius 2 is 1.83 bits per heavy atom. The molecular weight excluding hydrogens is 608 g/mol. The lowest BCUT2D eigenvalue weighted by atomic mass is 9.85. The van der Waals surface area contributed by atoms with Gasteiger partial charge in [0, 0.05) is 25.4 Å². The Labute approximate surface area is 270 Å². The first-order chi connectivity index (χ1) is 22.3. The van der Waals surface area contributed by atoms with E-state index in [0.29, 0.717) is 11.2 Å². The first-order valence-corrected chi connectivity index (χ1v) is 15.6. The van der Waals surface area contributed by atoms with Crippen LogP contribution < -0.4 is 11.1 Å². The molecule has 2 fully saturated rings. The molecule has 2 aliphatic rings. The second-order valence-corrected chi connectivity index (χ2v) is 12.6. The molecule has 3 aromatic heterocycles. The van der Waals surface area contributed by atoms with Gasteiger partial charge in [-0.25, -0.2) is 19.6 Å². The van der Waals surface area contributed by atoms with E-state index in [1.807, 2.05) is 0 Å². The highest BCUT2D eigenvalue weighted by atomic mass is 16.3. The van der Waals surface area contributed by atoms with Crippen LogP contribution >= 0.6 is 0 Å². The van der Waals surface area contributed by atoms with Crippen LogP contribution in [0.3, 0.4) is 0 Å². The molecule has 5 rings (SSSR count). The van der Waals surface area contributed by atoms with Gasteiger partial charge in [-0.15, -0.1) is 5.10 Å². The zero-order valence-corrected chi connectivity index (χ0v) is 26.5.